The van der Waals surface area contributed by atoms with Crippen LogP contribution in [0.15, 0.2) is 77.0 Å². The molecule has 0 heterocycles. The van der Waals surface area contributed by atoms with Crippen molar-refractivity contribution in [2.45, 2.75) is 36.4 Å². The summed E-state index contributed by atoms with van der Waals surface area (Å²) in [6.07, 6.45) is -2.77. The van der Waals surface area contributed by atoms with Gasteiger partial charge in [0, 0.05) is 4.90 Å². The second kappa shape index (κ2) is 11.9. The second-order valence-corrected chi connectivity index (χ2v) is 8.87. The van der Waals surface area contributed by atoms with Crippen LogP contribution in [0.2, 0.25) is 0 Å². The lowest BCUT2D eigenvalue weighted by atomic mass is 10.1. The Hall–Kier alpha value is -3.59. The molecule has 0 amide bonds. The minimum absolute atomic E-state index is 0.147. The number of carboxylic acids is 1. The standard InChI is InChI=1S/C27H25F3O5S/c1-4-13-33-23-14-19(15-34-21-8-6-20(7-9-21)27(28,29)30)5-11-25(23)36-24-12-10-22(17(2)18(24)3)35-16-26(31)32/h4-12,14H,1,13,15-16H2,2-3H3,(H,31,32). The van der Waals surface area contributed by atoms with Crippen molar-refractivity contribution in [3.8, 4) is 17.2 Å². The molecule has 0 saturated carbocycles. The predicted molar refractivity (Wildman–Crippen MR) is 131 cm³/mol. The summed E-state index contributed by atoms with van der Waals surface area (Å²) < 4.78 is 55.1. The van der Waals surface area contributed by atoms with Gasteiger partial charge in [0.1, 0.15) is 30.5 Å². The molecule has 9 heteroatoms. The van der Waals surface area contributed by atoms with Crippen molar-refractivity contribution in [3.63, 3.8) is 0 Å². The molecule has 36 heavy (non-hydrogen) atoms. The minimum atomic E-state index is -4.40. The van der Waals surface area contributed by atoms with Crippen molar-refractivity contribution >= 4 is 17.7 Å². The van der Waals surface area contributed by atoms with E-state index in [1.165, 1.54) is 23.9 Å². The molecule has 3 aromatic carbocycles. The number of benzene rings is 3. The van der Waals surface area contributed by atoms with E-state index in [4.69, 9.17) is 19.3 Å². The van der Waals surface area contributed by atoms with Gasteiger partial charge in [0.2, 0.25) is 0 Å². The second-order valence-electron chi connectivity index (χ2n) is 7.79. The molecule has 3 rings (SSSR count). The number of halogens is 3. The van der Waals surface area contributed by atoms with Gasteiger partial charge in [-0.25, -0.2) is 4.79 Å². The molecule has 0 radical (unpaired) electrons. The summed E-state index contributed by atoms with van der Waals surface area (Å²) in [6.45, 7) is 7.51. The Balaban J connectivity index is 1.76. The number of aliphatic carboxylic acids is 1. The lowest BCUT2D eigenvalue weighted by Gasteiger charge is -2.16. The van der Waals surface area contributed by atoms with Crippen LogP contribution in [0.1, 0.15) is 22.3 Å². The molecule has 0 aromatic heterocycles. The normalized spacial score (nSPS) is 11.1. The molecule has 0 spiro atoms. The highest BCUT2D eigenvalue weighted by Gasteiger charge is 2.30. The molecule has 0 saturated heterocycles. The lowest BCUT2D eigenvalue weighted by Crippen LogP contribution is -2.10. The summed E-state index contributed by atoms with van der Waals surface area (Å²) in [6, 6.07) is 13.7. The van der Waals surface area contributed by atoms with Crippen LogP contribution in [-0.2, 0) is 17.6 Å². The zero-order valence-electron chi connectivity index (χ0n) is 19.7. The number of carbonyl (C=O) groups is 1. The van der Waals surface area contributed by atoms with Gasteiger partial charge < -0.3 is 19.3 Å². The Kier molecular flexibility index (Phi) is 8.93. The van der Waals surface area contributed by atoms with Gasteiger partial charge in [-0.05, 0) is 79.1 Å². The number of ether oxygens (including phenoxy) is 3. The maximum Gasteiger partial charge on any atom is 0.416 e. The van der Waals surface area contributed by atoms with Crippen LogP contribution in [-0.4, -0.2) is 24.3 Å². The van der Waals surface area contributed by atoms with Crippen LogP contribution < -0.4 is 14.2 Å². The smallest absolute Gasteiger partial charge is 0.416 e. The summed E-state index contributed by atoms with van der Waals surface area (Å²) in [5, 5.41) is 8.85. The van der Waals surface area contributed by atoms with E-state index in [2.05, 4.69) is 6.58 Å². The molecule has 5 nitrogen and oxygen atoms in total. The molecular weight excluding hydrogens is 493 g/mol. The number of carboxylic acid groups (broad SMARTS) is 1. The first-order valence-corrected chi connectivity index (χ1v) is 11.7. The highest BCUT2D eigenvalue weighted by Crippen LogP contribution is 2.40. The average molecular weight is 519 g/mol. The van der Waals surface area contributed by atoms with Crippen LogP contribution in [0.3, 0.4) is 0 Å². The monoisotopic (exact) mass is 518 g/mol. The van der Waals surface area contributed by atoms with Gasteiger partial charge in [0.15, 0.2) is 6.61 Å². The minimum Gasteiger partial charge on any atom is -0.489 e. The fourth-order valence-electron chi connectivity index (χ4n) is 3.19. The molecule has 3 aromatic rings. The quantitative estimate of drug-likeness (QED) is 0.274. The fourth-order valence-corrected chi connectivity index (χ4v) is 4.22. The van der Waals surface area contributed by atoms with E-state index < -0.39 is 24.3 Å². The highest BCUT2D eigenvalue weighted by molar-refractivity contribution is 7.99. The van der Waals surface area contributed by atoms with Crippen molar-refractivity contribution in [3.05, 3.63) is 89.5 Å². The number of alkyl halides is 3. The highest BCUT2D eigenvalue weighted by atomic mass is 32.2. The van der Waals surface area contributed by atoms with Crippen molar-refractivity contribution in [1.82, 2.24) is 0 Å². The van der Waals surface area contributed by atoms with Crippen LogP contribution in [0.4, 0.5) is 13.2 Å². The molecule has 190 valence electrons. The van der Waals surface area contributed by atoms with Gasteiger partial charge in [-0.2, -0.15) is 13.2 Å². The summed E-state index contributed by atoms with van der Waals surface area (Å²) >= 11 is 1.49. The predicted octanol–water partition coefficient (Wildman–Crippen LogP) is 7.08. The Morgan fingerprint density at radius 3 is 2.28 bits per heavy atom. The Bertz CT molecular complexity index is 1220. The third-order valence-corrected chi connectivity index (χ3v) is 6.43. The van der Waals surface area contributed by atoms with Crippen molar-refractivity contribution in [2.24, 2.45) is 0 Å². The van der Waals surface area contributed by atoms with Crippen molar-refractivity contribution in [2.75, 3.05) is 13.2 Å². The first kappa shape index (κ1) is 27.0. The SMILES string of the molecule is C=CCOc1cc(COc2ccc(C(F)(F)F)cc2)ccc1Sc1ccc(OCC(=O)O)c(C)c1C. The number of rotatable bonds is 11. The van der Waals surface area contributed by atoms with Crippen LogP contribution in [0.25, 0.3) is 0 Å². The van der Waals surface area contributed by atoms with Gasteiger partial charge in [-0.1, -0.05) is 30.5 Å². The van der Waals surface area contributed by atoms with E-state index in [0.717, 1.165) is 38.6 Å². The van der Waals surface area contributed by atoms with Crippen molar-refractivity contribution < 1.29 is 37.3 Å². The van der Waals surface area contributed by atoms with E-state index in [0.29, 0.717) is 17.2 Å². The van der Waals surface area contributed by atoms with Crippen molar-refractivity contribution in [1.29, 1.82) is 0 Å². The van der Waals surface area contributed by atoms with E-state index in [1.54, 1.807) is 12.1 Å². The van der Waals surface area contributed by atoms with E-state index in [-0.39, 0.29) is 13.2 Å². The Morgan fingerprint density at radius 1 is 0.944 bits per heavy atom. The van der Waals surface area contributed by atoms with Gasteiger partial charge >= 0.3 is 12.1 Å². The molecule has 0 bridgehead atoms. The summed E-state index contributed by atoms with van der Waals surface area (Å²) in [5.74, 6) is 0.401. The largest absolute Gasteiger partial charge is 0.489 e. The summed E-state index contributed by atoms with van der Waals surface area (Å²) in [5.41, 5.74) is 1.84. The van der Waals surface area contributed by atoms with Gasteiger partial charge in [-0.15, -0.1) is 0 Å². The fraction of sp³-hybridized carbons (Fsp3) is 0.222. The molecule has 1 N–H and O–H groups in total. The number of hydrogen-bond donors (Lipinski definition) is 1. The van der Waals surface area contributed by atoms with E-state index in [1.807, 2.05) is 38.1 Å². The topological polar surface area (TPSA) is 65.0 Å². The summed E-state index contributed by atoms with van der Waals surface area (Å²) in [4.78, 5) is 12.6. The maximum atomic E-state index is 12.7. The average Bonchev–Trinajstić information content (AvgIpc) is 2.84. The molecule has 0 fully saturated rings. The molecule has 0 unspecified atom stereocenters. The molecule has 0 aliphatic rings. The van der Waals surface area contributed by atoms with Gasteiger partial charge in [0.25, 0.3) is 0 Å². The first-order valence-electron chi connectivity index (χ1n) is 10.9. The van der Waals surface area contributed by atoms with Crippen LogP contribution >= 0.6 is 11.8 Å². The maximum absolute atomic E-state index is 12.7. The first-order chi connectivity index (χ1) is 17.1. The molecular formula is C27H25F3O5S. The zero-order chi connectivity index (χ0) is 26.3. The van der Waals surface area contributed by atoms with Crippen LogP contribution in [0, 0.1) is 13.8 Å². The number of hydrogen-bond acceptors (Lipinski definition) is 5. The Labute approximate surface area is 211 Å². The zero-order valence-corrected chi connectivity index (χ0v) is 20.5. The van der Waals surface area contributed by atoms with Gasteiger partial charge in [0.05, 0.1) is 10.5 Å². The Morgan fingerprint density at radius 2 is 1.64 bits per heavy atom. The summed E-state index contributed by atoms with van der Waals surface area (Å²) in [7, 11) is 0. The van der Waals surface area contributed by atoms with E-state index >= 15 is 0 Å². The third kappa shape index (κ3) is 7.21. The van der Waals surface area contributed by atoms with E-state index in [9.17, 15) is 18.0 Å². The third-order valence-electron chi connectivity index (χ3n) is 5.21. The molecule has 0 atom stereocenters. The lowest BCUT2D eigenvalue weighted by molar-refractivity contribution is -0.139. The van der Waals surface area contributed by atoms with Gasteiger partial charge in [-0.3, -0.25) is 0 Å². The molecule has 0 aliphatic heterocycles. The molecule has 0 aliphatic carbocycles. The van der Waals surface area contributed by atoms with Crippen LogP contribution in [0.5, 0.6) is 17.2 Å².